The van der Waals surface area contributed by atoms with Gasteiger partial charge in [-0.15, -0.1) is 0 Å². The predicted molar refractivity (Wildman–Crippen MR) is 98.2 cm³/mol. The van der Waals surface area contributed by atoms with E-state index in [0.717, 1.165) is 20.9 Å². The molecular weight excluding hydrogens is 411 g/mol. The summed E-state index contributed by atoms with van der Waals surface area (Å²) >= 11 is 3.30. The number of carbonyl (C=O) groups excluding carboxylic acids is 1. The Kier molecular flexibility index (Phi) is 6.69. The van der Waals surface area contributed by atoms with Crippen molar-refractivity contribution in [3.8, 4) is 0 Å². The molecule has 0 atom stereocenters. The van der Waals surface area contributed by atoms with E-state index in [0.29, 0.717) is 12.1 Å². The molecule has 0 unspecified atom stereocenters. The third-order valence-electron chi connectivity index (χ3n) is 3.37. The number of hydrogen-bond donors (Lipinski definition) is 1. The van der Waals surface area contributed by atoms with E-state index in [1.807, 2.05) is 6.92 Å². The molecule has 2 aromatic rings. The van der Waals surface area contributed by atoms with E-state index in [-0.39, 0.29) is 18.0 Å². The highest BCUT2D eigenvalue weighted by Gasteiger charge is 2.26. The highest BCUT2D eigenvalue weighted by Crippen LogP contribution is 2.18. The summed E-state index contributed by atoms with van der Waals surface area (Å²) in [6, 6.07) is 11.5. The highest BCUT2D eigenvalue weighted by molar-refractivity contribution is 9.10. The first-order chi connectivity index (χ1) is 11.8. The van der Waals surface area contributed by atoms with Crippen molar-refractivity contribution in [1.82, 2.24) is 4.31 Å². The fourth-order valence-corrected chi connectivity index (χ4v) is 3.94. The van der Waals surface area contributed by atoms with Crippen LogP contribution >= 0.6 is 15.9 Å². The number of rotatable bonds is 7. The Bertz CT molecular complexity index is 824. The van der Waals surface area contributed by atoms with E-state index < -0.39 is 21.7 Å². The molecule has 0 fully saturated rings. The van der Waals surface area contributed by atoms with Gasteiger partial charge in [-0.1, -0.05) is 22.9 Å². The van der Waals surface area contributed by atoms with Gasteiger partial charge in [0.2, 0.25) is 15.9 Å². The van der Waals surface area contributed by atoms with Crippen molar-refractivity contribution < 1.29 is 17.6 Å². The molecule has 2 rings (SSSR count). The minimum atomic E-state index is -3.88. The average Bonchev–Trinajstić information content (AvgIpc) is 2.57. The number of carbonyl (C=O) groups is 1. The molecule has 0 saturated carbocycles. The molecule has 2 aromatic carbocycles. The molecule has 0 spiro atoms. The first kappa shape index (κ1) is 19.6. The number of nitrogens with zero attached hydrogens (tertiary/aromatic N) is 1. The van der Waals surface area contributed by atoms with Crippen molar-refractivity contribution in [3.05, 3.63) is 58.8 Å². The SMILES string of the molecule is CCCN(CC(=O)Nc1ccc(Br)cc1)S(=O)(=O)c1ccc(F)cc1. The molecule has 0 aromatic heterocycles. The molecule has 1 amide bonds. The fraction of sp³-hybridized carbons (Fsp3) is 0.235. The second-order valence-corrected chi connectivity index (χ2v) is 8.20. The van der Waals surface area contributed by atoms with Gasteiger partial charge < -0.3 is 5.32 Å². The Morgan fingerprint density at radius 1 is 1.12 bits per heavy atom. The van der Waals surface area contributed by atoms with Crippen molar-refractivity contribution in [2.75, 3.05) is 18.4 Å². The molecular formula is C17H18BrFN2O3S. The van der Waals surface area contributed by atoms with E-state index >= 15 is 0 Å². The summed E-state index contributed by atoms with van der Waals surface area (Å²) in [7, 11) is -3.88. The zero-order valence-corrected chi connectivity index (χ0v) is 16.0. The second kappa shape index (κ2) is 8.55. The minimum Gasteiger partial charge on any atom is -0.325 e. The number of hydrogen-bond acceptors (Lipinski definition) is 3. The molecule has 5 nitrogen and oxygen atoms in total. The first-order valence-corrected chi connectivity index (χ1v) is 9.87. The zero-order chi connectivity index (χ0) is 18.4. The maximum Gasteiger partial charge on any atom is 0.243 e. The number of amides is 1. The molecule has 0 heterocycles. The molecule has 0 aliphatic rings. The molecule has 0 aliphatic heterocycles. The van der Waals surface area contributed by atoms with E-state index in [9.17, 15) is 17.6 Å². The lowest BCUT2D eigenvalue weighted by atomic mass is 10.3. The Morgan fingerprint density at radius 2 is 1.72 bits per heavy atom. The van der Waals surface area contributed by atoms with Crippen LogP contribution < -0.4 is 5.32 Å². The first-order valence-electron chi connectivity index (χ1n) is 7.64. The molecule has 25 heavy (non-hydrogen) atoms. The van der Waals surface area contributed by atoms with Crippen LogP contribution in [-0.2, 0) is 14.8 Å². The van der Waals surface area contributed by atoms with Crippen LogP contribution in [0.1, 0.15) is 13.3 Å². The molecule has 0 saturated heterocycles. The van der Waals surface area contributed by atoms with Gasteiger partial charge in [-0.3, -0.25) is 4.79 Å². The van der Waals surface area contributed by atoms with Crippen LogP contribution in [0.4, 0.5) is 10.1 Å². The van der Waals surface area contributed by atoms with Gasteiger partial charge in [0.05, 0.1) is 11.4 Å². The second-order valence-electron chi connectivity index (χ2n) is 5.35. The van der Waals surface area contributed by atoms with Crippen molar-refractivity contribution in [1.29, 1.82) is 0 Å². The molecule has 134 valence electrons. The molecule has 1 N–H and O–H groups in total. The number of nitrogens with one attached hydrogen (secondary N) is 1. The van der Waals surface area contributed by atoms with E-state index in [2.05, 4.69) is 21.2 Å². The Labute approximate surface area is 155 Å². The van der Waals surface area contributed by atoms with Crippen molar-refractivity contribution in [3.63, 3.8) is 0 Å². The quantitative estimate of drug-likeness (QED) is 0.731. The Balaban J connectivity index is 2.15. The Hall–Kier alpha value is -1.77. The number of anilines is 1. The Morgan fingerprint density at radius 3 is 2.28 bits per heavy atom. The fourth-order valence-electron chi connectivity index (χ4n) is 2.18. The van der Waals surface area contributed by atoms with Gasteiger partial charge in [-0.05, 0) is 55.0 Å². The zero-order valence-electron chi connectivity index (χ0n) is 13.6. The highest BCUT2D eigenvalue weighted by atomic mass is 79.9. The van der Waals surface area contributed by atoms with Gasteiger partial charge in [0.25, 0.3) is 0 Å². The van der Waals surface area contributed by atoms with Crippen LogP contribution in [0.2, 0.25) is 0 Å². The summed E-state index contributed by atoms with van der Waals surface area (Å²) in [6.45, 7) is 1.69. The lowest BCUT2D eigenvalue weighted by Crippen LogP contribution is -2.38. The van der Waals surface area contributed by atoms with Crippen LogP contribution in [0.5, 0.6) is 0 Å². The summed E-state index contributed by atoms with van der Waals surface area (Å²) in [5, 5.41) is 2.66. The molecule has 0 bridgehead atoms. The molecule has 0 radical (unpaired) electrons. The van der Waals surface area contributed by atoms with Gasteiger partial charge in [0.1, 0.15) is 5.82 Å². The molecule has 0 aliphatic carbocycles. The summed E-state index contributed by atoms with van der Waals surface area (Å²) < 4.78 is 40.4. The standard InChI is InChI=1S/C17H18BrFN2O3S/c1-2-11-21(25(23,24)16-9-5-14(19)6-10-16)12-17(22)20-15-7-3-13(18)4-8-15/h3-10H,2,11-12H2,1H3,(H,20,22). The minimum absolute atomic E-state index is 0.0428. The maximum atomic E-state index is 13.0. The average molecular weight is 429 g/mol. The number of halogens is 2. The lowest BCUT2D eigenvalue weighted by molar-refractivity contribution is -0.116. The van der Waals surface area contributed by atoms with Gasteiger partial charge in [-0.2, -0.15) is 4.31 Å². The van der Waals surface area contributed by atoms with E-state index in [1.165, 1.54) is 12.1 Å². The number of sulfonamides is 1. The van der Waals surface area contributed by atoms with E-state index in [1.54, 1.807) is 24.3 Å². The van der Waals surface area contributed by atoms with E-state index in [4.69, 9.17) is 0 Å². The smallest absolute Gasteiger partial charge is 0.243 e. The van der Waals surface area contributed by atoms with Gasteiger partial charge in [0.15, 0.2) is 0 Å². The van der Waals surface area contributed by atoms with Crippen molar-refractivity contribution >= 4 is 37.5 Å². The third kappa shape index (κ3) is 5.35. The van der Waals surface area contributed by atoms with Crippen LogP contribution in [0.15, 0.2) is 57.9 Å². The lowest BCUT2D eigenvalue weighted by Gasteiger charge is -2.21. The maximum absolute atomic E-state index is 13.0. The summed E-state index contributed by atoms with van der Waals surface area (Å²) in [5.41, 5.74) is 0.573. The molecule has 8 heteroatoms. The van der Waals surface area contributed by atoms with Crippen LogP contribution in [-0.4, -0.2) is 31.7 Å². The van der Waals surface area contributed by atoms with Crippen LogP contribution in [0, 0.1) is 5.82 Å². The van der Waals surface area contributed by atoms with Gasteiger partial charge in [0, 0.05) is 16.7 Å². The predicted octanol–water partition coefficient (Wildman–Crippen LogP) is 3.63. The summed E-state index contributed by atoms with van der Waals surface area (Å²) in [5.74, 6) is -0.963. The largest absolute Gasteiger partial charge is 0.325 e. The van der Waals surface area contributed by atoms with Crippen molar-refractivity contribution in [2.24, 2.45) is 0 Å². The monoisotopic (exact) mass is 428 g/mol. The third-order valence-corrected chi connectivity index (χ3v) is 5.76. The summed E-state index contributed by atoms with van der Waals surface area (Å²) in [6.07, 6.45) is 0.548. The van der Waals surface area contributed by atoms with Gasteiger partial charge in [-0.25, -0.2) is 12.8 Å². The normalized spacial score (nSPS) is 11.5. The van der Waals surface area contributed by atoms with Crippen molar-refractivity contribution in [2.45, 2.75) is 18.2 Å². The van der Waals surface area contributed by atoms with Crippen LogP contribution in [0.3, 0.4) is 0 Å². The van der Waals surface area contributed by atoms with Gasteiger partial charge >= 0.3 is 0 Å². The summed E-state index contributed by atoms with van der Waals surface area (Å²) in [4.78, 5) is 12.2. The van der Waals surface area contributed by atoms with Crippen LogP contribution in [0.25, 0.3) is 0 Å². The number of benzene rings is 2. The topological polar surface area (TPSA) is 66.5 Å².